The smallest absolute Gasteiger partial charge is 0.326 e. The summed E-state index contributed by atoms with van der Waals surface area (Å²) >= 11 is 0. The van der Waals surface area contributed by atoms with Crippen molar-refractivity contribution in [1.29, 1.82) is 0 Å². The molecule has 100 valence electrons. The van der Waals surface area contributed by atoms with Gasteiger partial charge in [0.15, 0.2) is 0 Å². The Morgan fingerprint density at radius 2 is 2.21 bits per heavy atom. The minimum absolute atomic E-state index is 0.0320. The number of amides is 1. The van der Waals surface area contributed by atoms with E-state index < -0.39 is 22.8 Å². The fraction of sp³-hybridized carbons (Fsp3) is 0.167. The highest BCUT2D eigenvalue weighted by Gasteiger charge is 2.20. The number of hydrogen-bond donors (Lipinski definition) is 2. The van der Waals surface area contributed by atoms with Crippen LogP contribution in [0.25, 0.3) is 0 Å². The van der Waals surface area contributed by atoms with Gasteiger partial charge in [-0.1, -0.05) is 12.1 Å². The number of benzene rings is 1. The van der Waals surface area contributed by atoms with Crippen LogP contribution in [-0.2, 0) is 4.79 Å². The number of nitrogens with one attached hydrogen (secondary N) is 1. The van der Waals surface area contributed by atoms with Crippen molar-refractivity contribution in [3.63, 3.8) is 0 Å². The molecule has 0 heterocycles. The Morgan fingerprint density at radius 3 is 2.74 bits per heavy atom. The van der Waals surface area contributed by atoms with Crippen LogP contribution < -0.4 is 5.32 Å². The average Bonchev–Trinajstić information content (AvgIpc) is 2.38. The van der Waals surface area contributed by atoms with Crippen LogP contribution in [0.15, 0.2) is 36.9 Å². The van der Waals surface area contributed by atoms with Gasteiger partial charge in [0.2, 0.25) is 0 Å². The van der Waals surface area contributed by atoms with Crippen LogP contribution in [0.2, 0.25) is 0 Å². The van der Waals surface area contributed by atoms with Gasteiger partial charge in [-0.25, -0.2) is 4.79 Å². The topological polar surface area (TPSA) is 110 Å². The molecule has 0 fully saturated rings. The first-order valence-electron chi connectivity index (χ1n) is 5.34. The van der Waals surface area contributed by atoms with Crippen molar-refractivity contribution in [1.82, 2.24) is 5.32 Å². The van der Waals surface area contributed by atoms with Gasteiger partial charge in [0.05, 0.1) is 4.92 Å². The number of carbonyl (C=O) groups excluding carboxylic acids is 1. The average molecular weight is 264 g/mol. The maximum absolute atomic E-state index is 11.8. The first-order chi connectivity index (χ1) is 8.95. The van der Waals surface area contributed by atoms with E-state index in [4.69, 9.17) is 5.11 Å². The first-order valence-corrected chi connectivity index (χ1v) is 5.34. The molecule has 7 heteroatoms. The zero-order valence-electron chi connectivity index (χ0n) is 9.91. The van der Waals surface area contributed by atoms with Crippen LogP contribution in [0.3, 0.4) is 0 Å². The van der Waals surface area contributed by atoms with Crippen LogP contribution >= 0.6 is 0 Å². The minimum atomic E-state index is -1.20. The molecule has 0 saturated heterocycles. The van der Waals surface area contributed by atoms with Crippen LogP contribution in [0.1, 0.15) is 16.8 Å². The summed E-state index contributed by atoms with van der Waals surface area (Å²) in [6, 6.07) is 3.95. The van der Waals surface area contributed by atoms with Gasteiger partial charge in [0.1, 0.15) is 6.04 Å². The number of aliphatic carboxylic acids is 1. The largest absolute Gasteiger partial charge is 0.480 e. The molecule has 7 nitrogen and oxygen atoms in total. The van der Waals surface area contributed by atoms with E-state index in [0.717, 1.165) is 6.07 Å². The molecule has 19 heavy (non-hydrogen) atoms. The summed E-state index contributed by atoms with van der Waals surface area (Å²) in [7, 11) is 0. The zero-order chi connectivity index (χ0) is 14.4. The molecule has 0 aliphatic heterocycles. The van der Waals surface area contributed by atoms with Crippen molar-refractivity contribution in [2.45, 2.75) is 12.5 Å². The molecule has 1 unspecified atom stereocenters. The van der Waals surface area contributed by atoms with Crippen molar-refractivity contribution in [3.05, 3.63) is 52.6 Å². The molecule has 1 aromatic carbocycles. The lowest BCUT2D eigenvalue weighted by Gasteiger charge is -2.12. The Morgan fingerprint density at radius 1 is 1.53 bits per heavy atom. The molecule has 0 bridgehead atoms. The number of carboxylic acid groups (broad SMARTS) is 1. The molecule has 0 aromatic heterocycles. The van der Waals surface area contributed by atoms with Crippen molar-refractivity contribution in [3.8, 4) is 0 Å². The number of nitrogens with zero attached hydrogens (tertiary/aromatic N) is 1. The maximum Gasteiger partial charge on any atom is 0.326 e. The fourth-order valence-corrected chi connectivity index (χ4v) is 1.39. The number of non-ortho nitro benzene ring substituents is 1. The Bertz CT molecular complexity index is 527. The molecule has 0 saturated carbocycles. The van der Waals surface area contributed by atoms with Crippen molar-refractivity contribution >= 4 is 17.6 Å². The second-order valence-electron chi connectivity index (χ2n) is 3.70. The van der Waals surface area contributed by atoms with Gasteiger partial charge in [-0.15, -0.1) is 6.58 Å². The molecule has 1 rings (SSSR count). The van der Waals surface area contributed by atoms with Gasteiger partial charge in [0, 0.05) is 17.7 Å². The molecule has 1 amide bonds. The lowest BCUT2D eigenvalue weighted by molar-refractivity contribution is -0.384. The van der Waals surface area contributed by atoms with E-state index in [0.29, 0.717) is 0 Å². The number of hydrogen-bond acceptors (Lipinski definition) is 4. The molecule has 0 aliphatic rings. The second-order valence-corrected chi connectivity index (χ2v) is 3.70. The minimum Gasteiger partial charge on any atom is -0.480 e. The van der Waals surface area contributed by atoms with E-state index in [1.54, 1.807) is 0 Å². The van der Waals surface area contributed by atoms with E-state index >= 15 is 0 Å². The zero-order valence-corrected chi connectivity index (χ0v) is 9.91. The third-order valence-corrected chi connectivity index (χ3v) is 2.32. The predicted molar refractivity (Wildman–Crippen MR) is 66.8 cm³/mol. The van der Waals surface area contributed by atoms with Gasteiger partial charge in [0.25, 0.3) is 11.6 Å². The molecule has 1 aromatic rings. The number of nitro benzene ring substituents is 1. The Balaban J connectivity index is 2.88. The molecular weight excluding hydrogens is 252 g/mol. The summed E-state index contributed by atoms with van der Waals surface area (Å²) in [6.45, 7) is 3.40. The lowest BCUT2D eigenvalue weighted by atomic mass is 10.1. The summed E-state index contributed by atoms with van der Waals surface area (Å²) in [5.74, 6) is -1.88. The number of carbonyl (C=O) groups is 2. The number of rotatable bonds is 6. The quantitative estimate of drug-likeness (QED) is 0.458. The molecule has 0 spiro atoms. The van der Waals surface area contributed by atoms with Gasteiger partial charge >= 0.3 is 5.97 Å². The van der Waals surface area contributed by atoms with Gasteiger partial charge in [-0.3, -0.25) is 14.9 Å². The number of nitro groups is 1. The second kappa shape index (κ2) is 6.29. The highest BCUT2D eigenvalue weighted by molar-refractivity contribution is 5.97. The predicted octanol–water partition coefficient (Wildman–Crippen LogP) is 1.35. The third-order valence-electron chi connectivity index (χ3n) is 2.32. The fourth-order valence-electron chi connectivity index (χ4n) is 1.39. The van der Waals surface area contributed by atoms with Crippen molar-refractivity contribution < 1.29 is 19.6 Å². The van der Waals surface area contributed by atoms with Crippen LogP contribution in [0, 0.1) is 10.1 Å². The maximum atomic E-state index is 11.8. The van der Waals surface area contributed by atoms with Crippen LogP contribution in [0.4, 0.5) is 5.69 Å². The van der Waals surface area contributed by atoms with Crippen molar-refractivity contribution in [2.24, 2.45) is 0 Å². The Hall–Kier alpha value is -2.70. The Labute approximate surface area is 108 Å². The molecule has 2 N–H and O–H groups in total. The summed E-state index contributed by atoms with van der Waals surface area (Å²) in [5.41, 5.74) is -0.201. The van der Waals surface area contributed by atoms with E-state index in [1.165, 1.54) is 24.3 Å². The summed E-state index contributed by atoms with van der Waals surface area (Å²) in [4.78, 5) is 32.6. The standard InChI is InChI=1S/C12H12N2O5/c1-2-4-10(12(16)17)13-11(15)8-5-3-6-9(7-8)14(18)19/h2-3,5-7,10H,1,4H2,(H,13,15)(H,16,17). The van der Waals surface area contributed by atoms with Crippen molar-refractivity contribution in [2.75, 3.05) is 0 Å². The van der Waals surface area contributed by atoms with E-state index in [-0.39, 0.29) is 17.7 Å². The monoisotopic (exact) mass is 264 g/mol. The highest BCUT2D eigenvalue weighted by Crippen LogP contribution is 2.13. The normalized spacial score (nSPS) is 11.4. The number of carboxylic acids is 1. The summed E-state index contributed by atoms with van der Waals surface area (Å²) in [5, 5.41) is 21.7. The Kier molecular flexibility index (Phi) is 4.76. The van der Waals surface area contributed by atoms with Crippen LogP contribution in [0.5, 0.6) is 0 Å². The third kappa shape index (κ3) is 3.91. The van der Waals surface area contributed by atoms with Gasteiger partial charge < -0.3 is 10.4 Å². The van der Waals surface area contributed by atoms with E-state index in [1.807, 2.05) is 0 Å². The van der Waals surface area contributed by atoms with E-state index in [9.17, 15) is 19.7 Å². The molecule has 0 radical (unpaired) electrons. The highest BCUT2D eigenvalue weighted by atomic mass is 16.6. The van der Waals surface area contributed by atoms with Gasteiger partial charge in [-0.05, 0) is 12.5 Å². The molecule has 1 atom stereocenters. The SMILES string of the molecule is C=CCC(NC(=O)c1cccc([N+](=O)[O-])c1)C(=O)O. The summed E-state index contributed by atoms with van der Waals surface area (Å²) in [6.07, 6.45) is 1.43. The van der Waals surface area contributed by atoms with Gasteiger partial charge in [-0.2, -0.15) is 0 Å². The molecular formula is C12H12N2O5. The molecule has 0 aliphatic carbocycles. The van der Waals surface area contributed by atoms with E-state index in [2.05, 4.69) is 11.9 Å². The summed E-state index contributed by atoms with van der Waals surface area (Å²) < 4.78 is 0. The van der Waals surface area contributed by atoms with Crippen LogP contribution in [-0.4, -0.2) is 27.9 Å². The lowest BCUT2D eigenvalue weighted by Crippen LogP contribution is -2.40. The first kappa shape index (κ1) is 14.4.